The minimum absolute atomic E-state index is 0.185. The Morgan fingerprint density at radius 3 is 2.62 bits per heavy atom. The molecule has 0 aliphatic carbocycles. The van der Waals surface area contributed by atoms with Gasteiger partial charge in [0.1, 0.15) is 17.2 Å². The third-order valence-corrected chi connectivity index (χ3v) is 5.98. The second-order valence-corrected chi connectivity index (χ2v) is 8.55. The van der Waals surface area contributed by atoms with E-state index in [1.807, 2.05) is 0 Å². The van der Waals surface area contributed by atoms with E-state index in [1.54, 1.807) is 38.2 Å². The lowest BCUT2D eigenvalue weighted by Crippen LogP contribution is -2.17. The van der Waals surface area contributed by atoms with Crippen molar-refractivity contribution in [1.82, 2.24) is 9.97 Å². The Labute approximate surface area is 184 Å². The fourth-order valence-corrected chi connectivity index (χ4v) is 4.25. The molecule has 2 aromatic carbocycles. The monoisotopic (exact) mass is 460 g/mol. The topological polar surface area (TPSA) is 112 Å². The van der Waals surface area contributed by atoms with Gasteiger partial charge in [0.15, 0.2) is 11.6 Å². The lowest BCUT2D eigenvalue weighted by molar-refractivity contribution is 0.588. The molecule has 1 aromatic heterocycles. The van der Waals surface area contributed by atoms with Crippen molar-refractivity contribution >= 4 is 45.3 Å². The summed E-state index contributed by atoms with van der Waals surface area (Å²) in [5.41, 5.74) is 0.920. The quantitative estimate of drug-likeness (QED) is 0.411. The molecule has 168 valence electrons. The number of halogens is 2. The summed E-state index contributed by atoms with van der Waals surface area (Å²) in [6.45, 7) is 5.17. The van der Waals surface area contributed by atoms with E-state index in [-0.39, 0.29) is 11.4 Å². The number of aromatic nitrogens is 2. The summed E-state index contributed by atoms with van der Waals surface area (Å²) < 4.78 is 55.9. The molecule has 32 heavy (non-hydrogen) atoms. The van der Waals surface area contributed by atoms with E-state index in [0.717, 1.165) is 12.1 Å². The van der Waals surface area contributed by atoms with Gasteiger partial charge in [-0.1, -0.05) is 25.1 Å². The molecule has 3 rings (SSSR count). The molecule has 0 aliphatic heterocycles. The van der Waals surface area contributed by atoms with Crippen molar-refractivity contribution in [2.24, 2.45) is 9.98 Å². The first-order valence-corrected chi connectivity index (χ1v) is 11.3. The molecular weight excluding hydrogens is 438 g/mol. The molecule has 0 radical (unpaired) electrons. The Morgan fingerprint density at radius 1 is 1.19 bits per heavy atom. The molecule has 8 nitrogen and oxygen atoms in total. The molecular formula is C21H22F2N6O2S. The fourth-order valence-electron chi connectivity index (χ4n) is 3.11. The number of sulfonamides is 1. The highest BCUT2D eigenvalue weighted by atomic mass is 32.2. The highest BCUT2D eigenvalue weighted by Crippen LogP contribution is 2.32. The van der Waals surface area contributed by atoms with Crippen LogP contribution in [0.5, 0.6) is 0 Å². The molecule has 0 atom stereocenters. The molecule has 0 saturated carbocycles. The molecule has 0 aliphatic rings. The van der Waals surface area contributed by atoms with Gasteiger partial charge in [-0.05, 0) is 31.3 Å². The van der Waals surface area contributed by atoms with Crippen LogP contribution in [0.4, 0.5) is 31.7 Å². The molecule has 3 N–H and O–H groups in total. The number of imidazole rings is 1. The fraction of sp³-hybridized carbons (Fsp3) is 0.190. The second-order valence-electron chi connectivity index (χ2n) is 6.71. The van der Waals surface area contributed by atoms with E-state index in [1.165, 1.54) is 6.33 Å². The van der Waals surface area contributed by atoms with Gasteiger partial charge in [0, 0.05) is 18.3 Å². The van der Waals surface area contributed by atoms with Crippen LogP contribution in [0.25, 0.3) is 0 Å². The van der Waals surface area contributed by atoms with E-state index >= 15 is 4.39 Å². The summed E-state index contributed by atoms with van der Waals surface area (Å²) in [4.78, 5) is 15.1. The summed E-state index contributed by atoms with van der Waals surface area (Å²) in [6.07, 6.45) is 1.79. The van der Waals surface area contributed by atoms with E-state index < -0.39 is 27.3 Å². The van der Waals surface area contributed by atoms with Crippen molar-refractivity contribution in [2.75, 3.05) is 22.8 Å². The van der Waals surface area contributed by atoms with Crippen molar-refractivity contribution in [3.63, 3.8) is 0 Å². The maximum Gasteiger partial charge on any atom is 0.232 e. The second kappa shape index (κ2) is 9.69. The number of aliphatic imine (C=N–C) groups is 2. The van der Waals surface area contributed by atoms with Crippen LogP contribution in [0.3, 0.4) is 0 Å². The minimum atomic E-state index is -3.76. The molecule has 1 heterocycles. The molecule has 0 amide bonds. The van der Waals surface area contributed by atoms with E-state index in [4.69, 9.17) is 0 Å². The third-order valence-electron chi connectivity index (χ3n) is 4.50. The first kappa shape index (κ1) is 23.1. The molecule has 0 bridgehead atoms. The number of hydrogen-bond donors (Lipinski definition) is 3. The SMILES string of the molecule is C=Nc1nc[nH]c1C(=NC)c1ccccc1Nc1c(F)ccc(NS(=O)(=O)CCC)c1F. The highest BCUT2D eigenvalue weighted by Gasteiger charge is 2.21. The van der Waals surface area contributed by atoms with Crippen LogP contribution < -0.4 is 10.0 Å². The average Bonchev–Trinajstić information content (AvgIpc) is 3.23. The number of nitrogens with one attached hydrogen (secondary N) is 3. The average molecular weight is 461 g/mol. The number of anilines is 3. The highest BCUT2D eigenvalue weighted by molar-refractivity contribution is 7.92. The van der Waals surface area contributed by atoms with Crippen LogP contribution >= 0.6 is 0 Å². The van der Waals surface area contributed by atoms with Crippen molar-refractivity contribution in [3.05, 3.63) is 65.6 Å². The Hall–Kier alpha value is -3.60. The van der Waals surface area contributed by atoms with Crippen molar-refractivity contribution in [3.8, 4) is 0 Å². The van der Waals surface area contributed by atoms with E-state index in [0.29, 0.717) is 34.9 Å². The van der Waals surface area contributed by atoms with Gasteiger partial charge in [-0.15, -0.1) is 0 Å². The van der Waals surface area contributed by atoms with Crippen molar-refractivity contribution < 1.29 is 17.2 Å². The Kier molecular flexibility index (Phi) is 6.98. The molecule has 0 spiro atoms. The molecule has 0 saturated heterocycles. The number of aromatic amines is 1. The molecule has 0 fully saturated rings. The normalized spacial score (nSPS) is 11.9. The van der Waals surface area contributed by atoms with Gasteiger partial charge < -0.3 is 10.3 Å². The smallest absolute Gasteiger partial charge is 0.232 e. The van der Waals surface area contributed by atoms with Crippen LogP contribution in [-0.2, 0) is 10.0 Å². The van der Waals surface area contributed by atoms with Crippen LogP contribution in [-0.4, -0.2) is 43.6 Å². The number of benzene rings is 2. The largest absolute Gasteiger partial charge is 0.350 e. The molecule has 3 aromatic rings. The number of hydrogen-bond acceptors (Lipinski definition) is 6. The summed E-state index contributed by atoms with van der Waals surface area (Å²) in [5.74, 6) is -1.81. The number of nitrogens with zero attached hydrogens (tertiary/aromatic N) is 3. The van der Waals surface area contributed by atoms with Gasteiger partial charge in [0.05, 0.1) is 23.5 Å². The van der Waals surface area contributed by atoms with Crippen LogP contribution in [0.15, 0.2) is 52.7 Å². The Balaban J connectivity index is 2.04. The molecule has 0 unspecified atom stereocenters. The predicted octanol–water partition coefficient (Wildman–Crippen LogP) is 4.38. The van der Waals surface area contributed by atoms with Crippen LogP contribution in [0.2, 0.25) is 0 Å². The number of H-pyrrole nitrogens is 1. The molecule has 11 heteroatoms. The van der Waals surface area contributed by atoms with E-state index in [9.17, 15) is 12.8 Å². The summed E-state index contributed by atoms with van der Waals surface area (Å²) >= 11 is 0. The lowest BCUT2D eigenvalue weighted by Gasteiger charge is -2.16. The van der Waals surface area contributed by atoms with Gasteiger partial charge in [0.25, 0.3) is 0 Å². The Bertz CT molecular complexity index is 1270. The third kappa shape index (κ3) is 4.83. The van der Waals surface area contributed by atoms with Gasteiger partial charge >= 0.3 is 0 Å². The number of rotatable bonds is 9. The lowest BCUT2D eigenvalue weighted by atomic mass is 10.0. The first-order chi connectivity index (χ1) is 15.3. The maximum absolute atomic E-state index is 15.1. The van der Waals surface area contributed by atoms with Gasteiger partial charge in [0.2, 0.25) is 10.0 Å². The summed E-state index contributed by atoms with van der Waals surface area (Å²) in [6, 6.07) is 8.78. The standard InChI is InChI=1S/C21H22F2N6O2S/c1-4-11-32(30,31)29-16-10-9-14(22)19(17(16)23)28-15-8-6-5-7-13(15)18(24-2)20-21(25-3)27-12-26-20/h5-10,12,28-29H,3-4,11H2,1-2H3,(H,26,27). The zero-order chi connectivity index (χ0) is 23.3. The first-order valence-electron chi connectivity index (χ1n) is 9.63. The van der Waals surface area contributed by atoms with Gasteiger partial charge in [-0.2, -0.15) is 0 Å². The van der Waals surface area contributed by atoms with Crippen molar-refractivity contribution in [1.29, 1.82) is 0 Å². The Morgan fingerprint density at radius 2 is 1.94 bits per heavy atom. The number of para-hydroxylation sites is 1. The predicted molar refractivity (Wildman–Crippen MR) is 123 cm³/mol. The van der Waals surface area contributed by atoms with E-state index in [2.05, 4.69) is 36.7 Å². The van der Waals surface area contributed by atoms with Gasteiger partial charge in [-0.3, -0.25) is 9.71 Å². The summed E-state index contributed by atoms with van der Waals surface area (Å²) in [7, 11) is -2.20. The zero-order valence-corrected chi connectivity index (χ0v) is 18.3. The van der Waals surface area contributed by atoms with Gasteiger partial charge in [-0.25, -0.2) is 27.2 Å². The van der Waals surface area contributed by atoms with Crippen LogP contribution in [0.1, 0.15) is 24.6 Å². The zero-order valence-electron chi connectivity index (χ0n) is 17.5. The summed E-state index contributed by atoms with van der Waals surface area (Å²) in [5, 5.41) is 2.74. The minimum Gasteiger partial charge on any atom is -0.350 e. The maximum atomic E-state index is 15.1. The van der Waals surface area contributed by atoms with Crippen LogP contribution in [0, 0.1) is 11.6 Å². The van der Waals surface area contributed by atoms with Crippen molar-refractivity contribution in [2.45, 2.75) is 13.3 Å².